The number of unbranched alkanes of at least 4 members (excludes halogenated alkanes) is 1. The van der Waals surface area contributed by atoms with Gasteiger partial charge in [-0.1, -0.05) is 56.0 Å². The summed E-state index contributed by atoms with van der Waals surface area (Å²) in [5.41, 5.74) is 1.42. The first-order valence-corrected chi connectivity index (χ1v) is 7.89. The molecule has 0 heterocycles. The molecule has 0 N–H and O–H groups in total. The lowest BCUT2D eigenvalue weighted by Crippen LogP contribution is -2.19. The number of benzene rings is 1. The van der Waals surface area contributed by atoms with Crippen LogP contribution in [0.5, 0.6) is 0 Å². The first-order chi connectivity index (χ1) is 9.40. The van der Waals surface area contributed by atoms with Gasteiger partial charge in [0.25, 0.3) is 0 Å². The van der Waals surface area contributed by atoms with E-state index in [-0.39, 0.29) is 0 Å². The van der Waals surface area contributed by atoms with Crippen LogP contribution in [0.3, 0.4) is 0 Å². The fourth-order valence-corrected chi connectivity index (χ4v) is 3.33. The van der Waals surface area contributed by atoms with Crippen molar-refractivity contribution in [1.29, 1.82) is 0 Å². The summed E-state index contributed by atoms with van der Waals surface area (Å²) < 4.78 is 0. The molecule has 0 bridgehead atoms. The topological polar surface area (TPSA) is 17.1 Å². The maximum absolute atomic E-state index is 11.3. The molecule has 1 aromatic rings. The number of hydrogen-bond acceptors (Lipinski definition) is 1. The van der Waals surface area contributed by atoms with Crippen LogP contribution in [0.2, 0.25) is 0 Å². The second-order valence-corrected chi connectivity index (χ2v) is 5.93. The van der Waals surface area contributed by atoms with E-state index < -0.39 is 0 Å². The van der Waals surface area contributed by atoms with Crippen LogP contribution in [-0.2, 0) is 11.2 Å². The summed E-state index contributed by atoms with van der Waals surface area (Å²) in [6.07, 6.45) is 12.5. The Morgan fingerprint density at radius 3 is 2.47 bits per heavy atom. The number of aryl methyl sites for hydroxylation is 1. The van der Waals surface area contributed by atoms with Gasteiger partial charge >= 0.3 is 0 Å². The average molecular weight is 258 g/mol. The molecule has 0 radical (unpaired) electrons. The lowest BCUT2D eigenvalue weighted by Gasteiger charge is -2.26. The fraction of sp³-hybridized carbons (Fsp3) is 0.611. The highest BCUT2D eigenvalue weighted by molar-refractivity contribution is 5.54. The number of carbonyl (C=O) groups excluding carboxylic acids is 1. The van der Waals surface area contributed by atoms with E-state index in [1.54, 1.807) is 0 Å². The largest absolute Gasteiger partial charge is 0.303 e. The molecule has 1 aromatic carbocycles. The lowest BCUT2D eigenvalue weighted by molar-refractivity contribution is -0.113. The van der Waals surface area contributed by atoms with Crippen LogP contribution in [-0.4, -0.2) is 6.29 Å². The number of hydrogen-bond donors (Lipinski definition) is 0. The maximum atomic E-state index is 11.3. The Hall–Kier alpha value is -1.11. The van der Waals surface area contributed by atoms with E-state index in [2.05, 4.69) is 30.3 Å². The summed E-state index contributed by atoms with van der Waals surface area (Å²) in [5, 5.41) is 0. The molecule has 1 heteroatoms. The van der Waals surface area contributed by atoms with Crippen LogP contribution < -0.4 is 0 Å². The third-order valence-corrected chi connectivity index (χ3v) is 4.53. The van der Waals surface area contributed by atoms with E-state index in [1.165, 1.54) is 56.8 Å². The molecular weight excluding hydrogens is 232 g/mol. The van der Waals surface area contributed by atoms with Crippen LogP contribution in [0.15, 0.2) is 30.3 Å². The van der Waals surface area contributed by atoms with Crippen molar-refractivity contribution in [2.45, 2.75) is 57.8 Å². The van der Waals surface area contributed by atoms with Gasteiger partial charge in [-0.15, -0.1) is 0 Å². The molecule has 1 fully saturated rings. The predicted octanol–water partition coefficient (Wildman–Crippen LogP) is 4.79. The van der Waals surface area contributed by atoms with E-state index in [0.717, 1.165) is 12.8 Å². The normalized spacial score (nSPS) is 18.1. The van der Waals surface area contributed by atoms with E-state index in [1.807, 2.05) is 0 Å². The molecule has 1 unspecified atom stereocenters. The highest BCUT2D eigenvalue weighted by Crippen LogP contribution is 2.31. The van der Waals surface area contributed by atoms with Crippen molar-refractivity contribution in [3.63, 3.8) is 0 Å². The summed E-state index contributed by atoms with van der Waals surface area (Å²) >= 11 is 0. The zero-order valence-corrected chi connectivity index (χ0v) is 11.9. The highest BCUT2D eigenvalue weighted by Gasteiger charge is 2.22. The van der Waals surface area contributed by atoms with Gasteiger partial charge in [0.15, 0.2) is 0 Å². The molecule has 0 aliphatic heterocycles. The lowest BCUT2D eigenvalue weighted by atomic mass is 9.78. The minimum absolute atomic E-state index is 0.330. The van der Waals surface area contributed by atoms with Crippen molar-refractivity contribution in [3.8, 4) is 0 Å². The van der Waals surface area contributed by atoms with Crippen LogP contribution in [0.4, 0.5) is 0 Å². The van der Waals surface area contributed by atoms with Gasteiger partial charge in [0.2, 0.25) is 0 Å². The van der Waals surface area contributed by atoms with Gasteiger partial charge in [0, 0.05) is 5.92 Å². The Balaban J connectivity index is 1.67. The summed E-state index contributed by atoms with van der Waals surface area (Å²) in [6.45, 7) is 0. The van der Waals surface area contributed by atoms with Gasteiger partial charge in [-0.05, 0) is 43.6 Å². The van der Waals surface area contributed by atoms with E-state index >= 15 is 0 Å². The minimum Gasteiger partial charge on any atom is -0.303 e. The molecule has 1 saturated carbocycles. The van der Waals surface area contributed by atoms with Gasteiger partial charge in [0.05, 0.1) is 0 Å². The van der Waals surface area contributed by atoms with Gasteiger partial charge in [-0.3, -0.25) is 0 Å². The third kappa shape index (κ3) is 4.81. The Morgan fingerprint density at radius 2 is 1.79 bits per heavy atom. The van der Waals surface area contributed by atoms with E-state index in [0.29, 0.717) is 11.8 Å². The van der Waals surface area contributed by atoms with Gasteiger partial charge in [-0.25, -0.2) is 0 Å². The summed E-state index contributed by atoms with van der Waals surface area (Å²) in [4.78, 5) is 11.3. The smallest absolute Gasteiger partial charge is 0.123 e. The number of carbonyl (C=O) groups is 1. The molecule has 0 aromatic heterocycles. The van der Waals surface area contributed by atoms with E-state index in [9.17, 15) is 4.79 Å². The predicted molar refractivity (Wildman–Crippen MR) is 80.1 cm³/mol. The van der Waals surface area contributed by atoms with Gasteiger partial charge < -0.3 is 4.79 Å². The first-order valence-electron chi connectivity index (χ1n) is 7.89. The molecule has 104 valence electrons. The summed E-state index contributed by atoms with van der Waals surface area (Å²) in [7, 11) is 0. The second-order valence-electron chi connectivity index (χ2n) is 5.93. The Labute approximate surface area is 117 Å². The van der Waals surface area contributed by atoms with Crippen molar-refractivity contribution in [2.24, 2.45) is 11.8 Å². The van der Waals surface area contributed by atoms with Crippen molar-refractivity contribution in [2.75, 3.05) is 0 Å². The Bertz CT molecular complexity index is 351. The SMILES string of the molecule is O=CC(CCCCc1ccccc1)C1CCCCC1. The van der Waals surface area contributed by atoms with Crippen LogP contribution in [0.25, 0.3) is 0 Å². The molecule has 2 rings (SSSR count). The van der Waals surface area contributed by atoms with Crippen molar-refractivity contribution >= 4 is 6.29 Å². The fourth-order valence-electron chi connectivity index (χ4n) is 3.33. The van der Waals surface area contributed by atoms with Gasteiger partial charge in [-0.2, -0.15) is 0 Å². The Morgan fingerprint density at radius 1 is 1.05 bits per heavy atom. The summed E-state index contributed by atoms with van der Waals surface area (Å²) in [5.74, 6) is 1.01. The monoisotopic (exact) mass is 258 g/mol. The molecular formula is C18H26O. The second kappa shape index (κ2) is 8.14. The van der Waals surface area contributed by atoms with Crippen LogP contribution in [0.1, 0.15) is 56.9 Å². The Kier molecular flexibility index (Phi) is 6.13. The molecule has 0 amide bonds. The molecule has 0 spiro atoms. The first kappa shape index (κ1) is 14.3. The third-order valence-electron chi connectivity index (χ3n) is 4.53. The van der Waals surface area contributed by atoms with Crippen LogP contribution >= 0.6 is 0 Å². The maximum Gasteiger partial charge on any atom is 0.123 e. The number of rotatable bonds is 7. The van der Waals surface area contributed by atoms with Crippen molar-refractivity contribution < 1.29 is 4.79 Å². The zero-order chi connectivity index (χ0) is 13.3. The molecule has 1 aliphatic rings. The minimum atomic E-state index is 0.330. The molecule has 1 nitrogen and oxygen atoms in total. The summed E-state index contributed by atoms with van der Waals surface area (Å²) in [6, 6.07) is 10.7. The number of aldehydes is 1. The van der Waals surface area contributed by atoms with Crippen molar-refractivity contribution in [3.05, 3.63) is 35.9 Å². The van der Waals surface area contributed by atoms with E-state index in [4.69, 9.17) is 0 Å². The van der Waals surface area contributed by atoms with Crippen LogP contribution in [0, 0.1) is 11.8 Å². The van der Waals surface area contributed by atoms with Gasteiger partial charge in [0.1, 0.15) is 6.29 Å². The quantitative estimate of drug-likeness (QED) is 0.507. The molecule has 1 atom stereocenters. The molecule has 1 aliphatic carbocycles. The van der Waals surface area contributed by atoms with Crippen molar-refractivity contribution in [1.82, 2.24) is 0 Å². The zero-order valence-electron chi connectivity index (χ0n) is 11.9. The average Bonchev–Trinajstić information content (AvgIpc) is 2.49. The standard InChI is InChI=1S/C18H26O/c19-15-18(17-12-5-2-6-13-17)14-8-7-11-16-9-3-1-4-10-16/h1,3-4,9-10,15,17-18H,2,5-8,11-14H2. The highest BCUT2D eigenvalue weighted by atomic mass is 16.1. The molecule has 0 saturated heterocycles. The molecule has 19 heavy (non-hydrogen) atoms.